The van der Waals surface area contributed by atoms with Gasteiger partial charge >= 0.3 is 0 Å². The molecule has 0 aliphatic carbocycles. The van der Waals surface area contributed by atoms with Crippen molar-refractivity contribution in [3.63, 3.8) is 0 Å². The lowest BCUT2D eigenvalue weighted by Crippen LogP contribution is -1.92. The van der Waals surface area contributed by atoms with Crippen LogP contribution in [0.4, 0.5) is 0 Å². The second-order valence-corrected chi connectivity index (χ2v) is 5.30. The van der Waals surface area contributed by atoms with Gasteiger partial charge in [0.1, 0.15) is 0 Å². The maximum absolute atomic E-state index is 3.36. The Morgan fingerprint density at radius 2 is 1.35 bits per heavy atom. The molecule has 0 spiro atoms. The van der Waals surface area contributed by atoms with E-state index in [9.17, 15) is 0 Å². The second-order valence-electron chi connectivity index (χ2n) is 5.30. The predicted molar refractivity (Wildman–Crippen MR) is 86.7 cm³/mol. The Labute approximate surface area is 122 Å². The Bertz CT molecular complexity index is 557. The lowest BCUT2D eigenvalue weighted by molar-refractivity contribution is 0.698. The molecule has 2 rings (SSSR count). The molecule has 0 nitrogen and oxygen atoms in total. The zero-order valence-corrected chi connectivity index (χ0v) is 12.3. The molecule has 0 heteroatoms. The summed E-state index contributed by atoms with van der Waals surface area (Å²) < 4.78 is 0. The molecule has 0 bridgehead atoms. The Hall–Kier alpha value is -2.00. The fourth-order valence-corrected chi connectivity index (χ4v) is 2.29. The molecular weight excluding hydrogens is 240 g/mol. The quantitative estimate of drug-likeness (QED) is 0.649. The summed E-state index contributed by atoms with van der Waals surface area (Å²) in [6.45, 7) is 4.45. The Balaban J connectivity index is 1.83. The van der Waals surface area contributed by atoms with Crippen LogP contribution in [0.25, 0.3) is 0 Å². The van der Waals surface area contributed by atoms with Crippen molar-refractivity contribution in [3.05, 3.63) is 71.8 Å². The number of hydrogen-bond donors (Lipinski definition) is 0. The first-order valence-corrected chi connectivity index (χ1v) is 7.35. The molecular formula is C20H22. The molecule has 0 saturated carbocycles. The topological polar surface area (TPSA) is 0 Å². The van der Waals surface area contributed by atoms with Gasteiger partial charge in [0.15, 0.2) is 0 Å². The van der Waals surface area contributed by atoms with E-state index in [0.717, 1.165) is 12.8 Å². The Morgan fingerprint density at radius 1 is 0.800 bits per heavy atom. The van der Waals surface area contributed by atoms with Crippen LogP contribution in [-0.4, -0.2) is 0 Å². The highest BCUT2D eigenvalue weighted by atomic mass is 14.1. The SMILES string of the molecule is CC(C#CCCC(C)c1ccccc1)c1ccccc1. The number of benzene rings is 2. The van der Waals surface area contributed by atoms with E-state index < -0.39 is 0 Å². The van der Waals surface area contributed by atoms with Crippen LogP contribution in [0.3, 0.4) is 0 Å². The molecule has 102 valence electrons. The largest absolute Gasteiger partial charge is 0.103 e. The molecule has 0 N–H and O–H groups in total. The van der Waals surface area contributed by atoms with Crippen molar-refractivity contribution in [2.24, 2.45) is 0 Å². The lowest BCUT2D eigenvalue weighted by atomic mass is 9.96. The molecule has 0 radical (unpaired) electrons. The van der Waals surface area contributed by atoms with E-state index in [1.807, 2.05) is 6.07 Å². The summed E-state index contributed by atoms with van der Waals surface area (Å²) in [5.74, 6) is 7.59. The van der Waals surface area contributed by atoms with Crippen LogP contribution >= 0.6 is 0 Å². The molecule has 0 heterocycles. The second kappa shape index (κ2) is 7.56. The van der Waals surface area contributed by atoms with E-state index in [1.54, 1.807) is 0 Å². The van der Waals surface area contributed by atoms with E-state index in [2.05, 4.69) is 80.3 Å². The molecule has 0 amide bonds. The fourth-order valence-electron chi connectivity index (χ4n) is 2.29. The van der Waals surface area contributed by atoms with E-state index in [-0.39, 0.29) is 0 Å². The summed E-state index contributed by atoms with van der Waals surface area (Å²) in [7, 11) is 0. The third kappa shape index (κ3) is 4.28. The summed E-state index contributed by atoms with van der Waals surface area (Å²) in [5, 5.41) is 0. The fraction of sp³-hybridized carbons (Fsp3) is 0.300. The molecule has 0 fully saturated rings. The van der Waals surface area contributed by atoms with Crippen LogP contribution in [0.15, 0.2) is 60.7 Å². The van der Waals surface area contributed by atoms with Crippen LogP contribution in [0.2, 0.25) is 0 Å². The van der Waals surface area contributed by atoms with Gasteiger partial charge in [-0.1, -0.05) is 73.5 Å². The number of hydrogen-bond acceptors (Lipinski definition) is 0. The smallest absolute Gasteiger partial charge is 0.0424 e. The molecule has 2 unspecified atom stereocenters. The van der Waals surface area contributed by atoms with Crippen molar-refractivity contribution in [2.75, 3.05) is 0 Å². The first kappa shape index (κ1) is 14.4. The van der Waals surface area contributed by atoms with Gasteiger partial charge in [0.05, 0.1) is 0 Å². The Morgan fingerprint density at radius 3 is 1.95 bits per heavy atom. The van der Waals surface area contributed by atoms with E-state index in [1.165, 1.54) is 11.1 Å². The van der Waals surface area contributed by atoms with Gasteiger partial charge in [0.25, 0.3) is 0 Å². The van der Waals surface area contributed by atoms with E-state index >= 15 is 0 Å². The van der Waals surface area contributed by atoms with E-state index in [4.69, 9.17) is 0 Å². The first-order chi connectivity index (χ1) is 9.77. The summed E-state index contributed by atoms with van der Waals surface area (Å²) in [6.07, 6.45) is 2.09. The zero-order valence-electron chi connectivity index (χ0n) is 12.3. The van der Waals surface area contributed by atoms with Crippen molar-refractivity contribution >= 4 is 0 Å². The normalized spacial score (nSPS) is 13.1. The third-order valence-electron chi connectivity index (χ3n) is 3.69. The van der Waals surface area contributed by atoms with Crippen LogP contribution < -0.4 is 0 Å². The van der Waals surface area contributed by atoms with Crippen molar-refractivity contribution in [3.8, 4) is 11.8 Å². The predicted octanol–water partition coefficient (Wildman–Crippen LogP) is 5.38. The summed E-state index contributed by atoms with van der Waals surface area (Å²) >= 11 is 0. The molecule has 2 atom stereocenters. The van der Waals surface area contributed by atoms with Gasteiger partial charge in [-0.2, -0.15) is 0 Å². The van der Waals surface area contributed by atoms with Gasteiger partial charge in [0, 0.05) is 12.3 Å². The van der Waals surface area contributed by atoms with Gasteiger partial charge in [0.2, 0.25) is 0 Å². The lowest BCUT2D eigenvalue weighted by Gasteiger charge is -2.09. The van der Waals surface area contributed by atoms with Crippen LogP contribution in [0.1, 0.15) is 49.7 Å². The monoisotopic (exact) mass is 262 g/mol. The van der Waals surface area contributed by atoms with Crippen LogP contribution in [-0.2, 0) is 0 Å². The van der Waals surface area contributed by atoms with Gasteiger partial charge in [-0.15, -0.1) is 5.92 Å². The minimum Gasteiger partial charge on any atom is -0.103 e. The van der Waals surface area contributed by atoms with E-state index in [0.29, 0.717) is 11.8 Å². The molecule has 0 aromatic heterocycles. The summed E-state index contributed by atoms with van der Waals surface area (Å²) in [5.41, 5.74) is 2.71. The molecule has 20 heavy (non-hydrogen) atoms. The molecule has 2 aromatic rings. The third-order valence-corrected chi connectivity index (χ3v) is 3.69. The van der Waals surface area contributed by atoms with Crippen molar-refractivity contribution < 1.29 is 0 Å². The average Bonchev–Trinajstić information content (AvgIpc) is 2.53. The van der Waals surface area contributed by atoms with Gasteiger partial charge in [-0.3, -0.25) is 0 Å². The first-order valence-electron chi connectivity index (χ1n) is 7.35. The number of rotatable bonds is 4. The summed E-state index contributed by atoms with van der Waals surface area (Å²) in [4.78, 5) is 0. The Kier molecular flexibility index (Phi) is 5.44. The van der Waals surface area contributed by atoms with Gasteiger partial charge in [-0.05, 0) is 30.4 Å². The highest BCUT2D eigenvalue weighted by molar-refractivity contribution is 5.27. The molecule has 0 aliphatic rings. The minimum absolute atomic E-state index is 0.322. The average molecular weight is 262 g/mol. The highest BCUT2D eigenvalue weighted by Crippen LogP contribution is 2.20. The van der Waals surface area contributed by atoms with Crippen LogP contribution in [0.5, 0.6) is 0 Å². The van der Waals surface area contributed by atoms with Crippen molar-refractivity contribution in [1.82, 2.24) is 0 Å². The molecule has 0 aliphatic heterocycles. The molecule has 2 aromatic carbocycles. The molecule has 0 saturated heterocycles. The maximum atomic E-state index is 3.36. The minimum atomic E-state index is 0.322. The maximum Gasteiger partial charge on any atom is 0.0424 e. The zero-order chi connectivity index (χ0) is 14.2. The van der Waals surface area contributed by atoms with Crippen molar-refractivity contribution in [1.29, 1.82) is 0 Å². The van der Waals surface area contributed by atoms with Crippen LogP contribution in [0, 0.1) is 11.8 Å². The standard InChI is InChI=1S/C20H22/c1-17(19-13-5-3-6-14-19)11-9-10-12-18(2)20-15-7-4-8-16-20/h3-8,13-18H,9,11H2,1-2H3. The van der Waals surface area contributed by atoms with Gasteiger partial charge < -0.3 is 0 Å². The van der Waals surface area contributed by atoms with Gasteiger partial charge in [-0.25, -0.2) is 0 Å². The highest BCUT2D eigenvalue weighted by Gasteiger charge is 2.03. The summed E-state index contributed by atoms with van der Waals surface area (Å²) in [6, 6.07) is 21.2. The van der Waals surface area contributed by atoms with Crippen molar-refractivity contribution in [2.45, 2.75) is 38.5 Å².